The summed E-state index contributed by atoms with van der Waals surface area (Å²) in [7, 11) is 0. The second kappa shape index (κ2) is 10.2. The van der Waals surface area contributed by atoms with Gasteiger partial charge in [0.05, 0.1) is 21.9 Å². The minimum atomic E-state index is 0.00904. The summed E-state index contributed by atoms with van der Waals surface area (Å²) in [5, 5.41) is 6.53. The number of halogens is 3. The Hall–Kier alpha value is -1.53. The number of rotatable bonds is 8. The van der Waals surface area contributed by atoms with Gasteiger partial charge < -0.3 is 10.5 Å². The normalized spacial score (nSPS) is 12.4. The molecule has 0 aliphatic carbocycles. The number of hydrogen-bond donors (Lipinski definition) is 1. The second-order valence-corrected chi connectivity index (χ2v) is 9.18. The molecule has 7 heteroatoms. The number of nitrogens with zero attached hydrogens (tertiary/aromatic N) is 2. The molecule has 0 radical (unpaired) electrons. The minimum Gasteiger partial charge on any atom is -0.487 e. The highest BCUT2D eigenvalue weighted by Gasteiger charge is 2.19. The first-order chi connectivity index (χ1) is 14.3. The van der Waals surface area contributed by atoms with E-state index in [-0.39, 0.29) is 12.0 Å². The SMILES string of the molecule is Cc1cc(OCc2c(C(C)C)cnn2-c2c(Cl)cccc2Cl)ccc1C(N)CCBr. The van der Waals surface area contributed by atoms with Crippen LogP contribution >= 0.6 is 39.1 Å². The number of ether oxygens (including phenoxy) is 1. The number of hydrogen-bond acceptors (Lipinski definition) is 3. The third-order valence-corrected chi connectivity index (χ3v) is 6.18. The Balaban J connectivity index is 1.90. The molecule has 1 atom stereocenters. The fourth-order valence-electron chi connectivity index (χ4n) is 3.48. The highest BCUT2D eigenvalue weighted by atomic mass is 79.9. The van der Waals surface area contributed by atoms with Gasteiger partial charge in [-0.1, -0.05) is 65.1 Å². The van der Waals surface area contributed by atoms with Crippen molar-refractivity contribution in [2.45, 2.75) is 45.8 Å². The van der Waals surface area contributed by atoms with Gasteiger partial charge in [-0.2, -0.15) is 5.10 Å². The van der Waals surface area contributed by atoms with Crippen LogP contribution in [0.5, 0.6) is 5.75 Å². The average Bonchev–Trinajstić information content (AvgIpc) is 3.10. The molecule has 2 N–H and O–H groups in total. The Labute approximate surface area is 196 Å². The van der Waals surface area contributed by atoms with Crippen LogP contribution in [0.2, 0.25) is 10.0 Å². The topological polar surface area (TPSA) is 53.1 Å². The van der Waals surface area contributed by atoms with Gasteiger partial charge in [0, 0.05) is 11.4 Å². The lowest BCUT2D eigenvalue weighted by Gasteiger charge is -2.17. The summed E-state index contributed by atoms with van der Waals surface area (Å²) < 4.78 is 7.95. The zero-order valence-electron chi connectivity index (χ0n) is 17.3. The molecule has 1 unspecified atom stereocenters. The van der Waals surface area contributed by atoms with E-state index in [1.165, 1.54) is 0 Å². The van der Waals surface area contributed by atoms with Crippen molar-refractivity contribution in [2.75, 3.05) is 5.33 Å². The monoisotopic (exact) mass is 509 g/mol. The van der Waals surface area contributed by atoms with Crippen LogP contribution < -0.4 is 10.5 Å². The van der Waals surface area contributed by atoms with Crippen molar-refractivity contribution in [3.8, 4) is 11.4 Å². The Morgan fingerprint density at radius 3 is 2.43 bits per heavy atom. The summed E-state index contributed by atoms with van der Waals surface area (Å²) in [6.07, 6.45) is 2.74. The zero-order chi connectivity index (χ0) is 21.8. The van der Waals surface area contributed by atoms with Crippen LogP contribution in [0.3, 0.4) is 0 Å². The molecule has 160 valence electrons. The Morgan fingerprint density at radius 2 is 1.83 bits per heavy atom. The molecule has 3 rings (SSSR count). The molecular weight excluding hydrogens is 485 g/mol. The molecule has 0 fully saturated rings. The molecule has 0 bridgehead atoms. The van der Waals surface area contributed by atoms with Gasteiger partial charge in [-0.05, 0) is 60.2 Å². The van der Waals surface area contributed by atoms with E-state index in [9.17, 15) is 0 Å². The smallest absolute Gasteiger partial charge is 0.131 e. The number of aryl methyl sites for hydroxylation is 1. The third-order valence-electron chi connectivity index (χ3n) is 5.11. The van der Waals surface area contributed by atoms with E-state index in [1.54, 1.807) is 4.68 Å². The van der Waals surface area contributed by atoms with Crippen molar-refractivity contribution < 1.29 is 4.74 Å². The molecule has 2 aromatic carbocycles. The summed E-state index contributed by atoms with van der Waals surface area (Å²) in [6, 6.07) is 11.5. The van der Waals surface area contributed by atoms with E-state index in [0.717, 1.165) is 39.9 Å². The molecule has 3 aromatic rings. The van der Waals surface area contributed by atoms with Crippen LogP contribution in [-0.4, -0.2) is 15.1 Å². The molecule has 0 aliphatic heterocycles. The number of benzene rings is 2. The quantitative estimate of drug-likeness (QED) is 0.332. The maximum absolute atomic E-state index is 6.43. The van der Waals surface area contributed by atoms with E-state index >= 15 is 0 Å². The van der Waals surface area contributed by atoms with Crippen LogP contribution in [0.15, 0.2) is 42.6 Å². The molecule has 30 heavy (non-hydrogen) atoms. The summed E-state index contributed by atoms with van der Waals surface area (Å²) in [5.41, 5.74) is 11.2. The van der Waals surface area contributed by atoms with E-state index in [4.69, 9.17) is 33.7 Å². The van der Waals surface area contributed by atoms with Crippen LogP contribution in [0, 0.1) is 6.92 Å². The maximum atomic E-state index is 6.43. The number of nitrogens with two attached hydrogens (primary N) is 1. The standard InChI is InChI=1S/C23H26BrCl2N3O/c1-14(2)18-12-28-29(23-19(25)5-4-6-20(23)26)22(18)13-30-16-7-8-17(15(3)11-16)21(27)9-10-24/h4-8,11-12,14,21H,9-10,13,27H2,1-3H3. The lowest BCUT2D eigenvalue weighted by atomic mass is 10.00. The largest absolute Gasteiger partial charge is 0.487 e. The van der Waals surface area contributed by atoms with Gasteiger partial charge in [0.2, 0.25) is 0 Å². The van der Waals surface area contributed by atoms with Crippen molar-refractivity contribution in [3.05, 3.63) is 75.0 Å². The predicted octanol–water partition coefficient (Wildman–Crippen LogP) is 6.97. The fourth-order valence-corrected chi connectivity index (χ4v) is 4.53. The lowest BCUT2D eigenvalue weighted by molar-refractivity contribution is 0.295. The second-order valence-electron chi connectivity index (χ2n) is 7.57. The number of para-hydroxylation sites is 1. The van der Waals surface area contributed by atoms with E-state index < -0.39 is 0 Å². The molecule has 4 nitrogen and oxygen atoms in total. The summed E-state index contributed by atoms with van der Waals surface area (Å²) in [6.45, 7) is 6.66. The third kappa shape index (κ3) is 5.02. The van der Waals surface area contributed by atoms with Gasteiger partial charge in [0.1, 0.15) is 18.0 Å². The molecule has 0 aliphatic rings. The first-order valence-corrected chi connectivity index (χ1v) is 11.8. The first-order valence-electron chi connectivity index (χ1n) is 9.89. The Morgan fingerprint density at radius 1 is 1.13 bits per heavy atom. The highest BCUT2D eigenvalue weighted by molar-refractivity contribution is 9.09. The molecule has 1 heterocycles. The molecule has 0 saturated heterocycles. The van der Waals surface area contributed by atoms with Crippen molar-refractivity contribution in [2.24, 2.45) is 5.73 Å². The highest BCUT2D eigenvalue weighted by Crippen LogP contribution is 2.32. The minimum absolute atomic E-state index is 0.00904. The van der Waals surface area contributed by atoms with Gasteiger partial charge in [0.15, 0.2) is 0 Å². The lowest BCUT2D eigenvalue weighted by Crippen LogP contribution is -2.12. The fraction of sp³-hybridized carbons (Fsp3) is 0.348. The van der Waals surface area contributed by atoms with E-state index in [0.29, 0.717) is 22.3 Å². The van der Waals surface area contributed by atoms with Gasteiger partial charge in [-0.3, -0.25) is 0 Å². The molecular formula is C23H26BrCl2N3O. The molecule has 1 aromatic heterocycles. The summed E-state index contributed by atoms with van der Waals surface area (Å²) >= 11 is 16.3. The number of aromatic nitrogens is 2. The van der Waals surface area contributed by atoms with E-state index in [2.05, 4.69) is 41.8 Å². The average molecular weight is 511 g/mol. The summed E-state index contributed by atoms with van der Waals surface area (Å²) in [4.78, 5) is 0. The van der Waals surface area contributed by atoms with Crippen molar-refractivity contribution in [3.63, 3.8) is 0 Å². The van der Waals surface area contributed by atoms with Crippen LogP contribution in [0.25, 0.3) is 5.69 Å². The zero-order valence-corrected chi connectivity index (χ0v) is 20.4. The van der Waals surface area contributed by atoms with Crippen molar-refractivity contribution in [1.29, 1.82) is 0 Å². The van der Waals surface area contributed by atoms with Gasteiger partial charge in [-0.15, -0.1) is 0 Å². The maximum Gasteiger partial charge on any atom is 0.131 e. The molecule has 0 saturated carbocycles. The van der Waals surface area contributed by atoms with Crippen molar-refractivity contribution >= 4 is 39.1 Å². The van der Waals surface area contributed by atoms with Gasteiger partial charge >= 0.3 is 0 Å². The molecule has 0 amide bonds. The Bertz CT molecular complexity index is 999. The van der Waals surface area contributed by atoms with Gasteiger partial charge in [-0.25, -0.2) is 4.68 Å². The van der Waals surface area contributed by atoms with Crippen LogP contribution in [0.1, 0.15) is 54.6 Å². The van der Waals surface area contributed by atoms with Gasteiger partial charge in [0.25, 0.3) is 0 Å². The van der Waals surface area contributed by atoms with Crippen molar-refractivity contribution in [1.82, 2.24) is 9.78 Å². The van der Waals surface area contributed by atoms with Crippen LogP contribution in [-0.2, 0) is 6.61 Å². The van der Waals surface area contributed by atoms with E-state index in [1.807, 2.05) is 42.6 Å². The summed E-state index contributed by atoms with van der Waals surface area (Å²) in [5.74, 6) is 1.07. The van der Waals surface area contributed by atoms with Crippen LogP contribution in [0.4, 0.5) is 0 Å². The molecule has 0 spiro atoms. The first kappa shape index (κ1) is 23.1. The number of alkyl halides is 1. The Kier molecular flexibility index (Phi) is 7.86. The predicted molar refractivity (Wildman–Crippen MR) is 129 cm³/mol.